The smallest absolute Gasteiger partial charge is 0.443 e. The van der Waals surface area contributed by atoms with Crippen LogP contribution in [0.1, 0.15) is 25.1 Å². The molecule has 9 rings (SSSR count). The van der Waals surface area contributed by atoms with Crippen LogP contribution in [0, 0.1) is 5.92 Å². The zero-order valence-corrected chi connectivity index (χ0v) is 45.3. The van der Waals surface area contributed by atoms with E-state index in [2.05, 4.69) is 48.5 Å². The van der Waals surface area contributed by atoms with Gasteiger partial charge in [0.15, 0.2) is 41.4 Å². The molecule has 3 fully saturated rings. The SMILES string of the molecule is [B-]P(=O)(OC[C@H]1O[C@@H]([n+]2cn(C)c3c(=O)[nH]c(N)nc32)[C@H](O)[C@@H]1CC(=O)N(C)C)OP(=O)(O)OP(=O)(O)OC[C@H]1O[C@@H](n2cnc3c(N)ncnc32)[C@H](OC)[C@@H]1OP(=O)(O)OC[C@H]1O[C@@H](n2cnc3c(=O)[nH]c(N)nc32)[C@H](O)[C@@H]1O. The Morgan fingerprint density at radius 3 is 2.09 bits per heavy atom. The zero-order valence-electron chi connectivity index (χ0n) is 41.7. The van der Waals surface area contributed by atoms with Crippen molar-refractivity contribution in [2.45, 2.75) is 73.9 Å². The number of ether oxygens (including phenoxy) is 4. The molecule has 80 heavy (non-hydrogen) atoms. The third kappa shape index (κ3) is 12.0. The highest BCUT2D eigenvalue weighted by Gasteiger charge is 2.53. The summed E-state index contributed by atoms with van der Waals surface area (Å²) >= 11 is 0. The van der Waals surface area contributed by atoms with Gasteiger partial charge in [0.1, 0.15) is 54.6 Å². The van der Waals surface area contributed by atoms with Gasteiger partial charge in [-0.2, -0.15) is 9.29 Å². The van der Waals surface area contributed by atoms with Gasteiger partial charge in [0.2, 0.25) is 23.6 Å². The van der Waals surface area contributed by atoms with Crippen LogP contribution in [0.15, 0.2) is 34.9 Å². The molecule has 0 spiro atoms. The molecule has 6 aromatic heterocycles. The number of nitrogen functional groups attached to an aromatic ring is 3. The fraction of sp³-hybridized carbons (Fsp3) is 0.556. The summed E-state index contributed by atoms with van der Waals surface area (Å²) in [7, 11) is -11.8. The number of methoxy groups -OCH3 is 1. The Labute approximate surface area is 447 Å². The van der Waals surface area contributed by atoms with Crippen LogP contribution in [0.2, 0.25) is 0 Å². The molecule has 16 atom stereocenters. The average molecular weight is 1210 g/mol. The number of nitrogens with two attached hydrogens (primary N) is 3. The molecule has 3 radical (unpaired) electrons. The normalized spacial score (nSPS) is 29.2. The molecule has 0 aromatic carbocycles. The van der Waals surface area contributed by atoms with Gasteiger partial charge in [-0.25, -0.2) is 42.5 Å². The number of aromatic amines is 2. The highest BCUT2D eigenvalue weighted by atomic mass is 31.3. The Hall–Kier alpha value is -5.54. The monoisotopic (exact) mass is 1210 g/mol. The molecule has 435 valence electrons. The van der Waals surface area contributed by atoms with Crippen molar-refractivity contribution in [2.75, 3.05) is 58.2 Å². The minimum Gasteiger partial charge on any atom is -0.443 e. The van der Waals surface area contributed by atoms with E-state index in [1.54, 1.807) is 0 Å². The first-order valence-corrected chi connectivity index (χ1v) is 29.1. The maximum Gasteiger partial charge on any atom is 0.485 e. The predicted octanol–water partition coefficient (Wildman–Crippen LogP) is -3.80. The maximum atomic E-state index is 13.8. The van der Waals surface area contributed by atoms with Crippen molar-refractivity contribution in [1.29, 1.82) is 0 Å². The second-order valence-corrected chi connectivity index (χ2v) is 24.4. The third-order valence-corrected chi connectivity index (χ3v) is 18.0. The second-order valence-electron chi connectivity index (χ2n) is 18.2. The number of nitrogens with zero attached hydrogens (tertiary/aromatic N) is 11. The summed E-state index contributed by atoms with van der Waals surface area (Å²) in [6.07, 6.45) is -13.6. The molecule has 3 aliphatic rings. The van der Waals surface area contributed by atoms with Crippen molar-refractivity contribution in [3.05, 3.63) is 46.0 Å². The van der Waals surface area contributed by atoms with E-state index in [4.69, 9.17) is 61.8 Å². The van der Waals surface area contributed by atoms with Crippen molar-refractivity contribution < 1.29 is 103 Å². The third-order valence-electron chi connectivity index (χ3n) is 12.7. The van der Waals surface area contributed by atoms with Crippen LogP contribution in [-0.4, -0.2) is 192 Å². The van der Waals surface area contributed by atoms with Crippen LogP contribution in [0.4, 0.5) is 17.7 Å². The van der Waals surface area contributed by atoms with Crippen LogP contribution >= 0.6 is 30.9 Å². The van der Waals surface area contributed by atoms with Crippen LogP contribution in [0.3, 0.4) is 0 Å². The summed E-state index contributed by atoms with van der Waals surface area (Å²) in [4.78, 5) is 100. The van der Waals surface area contributed by atoms with E-state index < -0.39 is 148 Å². The van der Waals surface area contributed by atoms with Crippen molar-refractivity contribution in [1.82, 2.24) is 58.5 Å². The molecule has 1 amide bonds. The van der Waals surface area contributed by atoms with Crippen molar-refractivity contribution in [3.63, 3.8) is 0 Å². The van der Waals surface area contributed by atoms with E-state index >= 15 is 0 Å². The highest BCUT2D eigenvalue weighted by molar-refractivity contribution is 7.84. The van der Waals surface area contributed by atoms with Crippen LogP contribution in [0.25, 0.3) is 33.5 Å². The molecule has 14 N–H and O–H groups in total. The number of hydrogen-bond acceptors (Lipinski definition) is 29. The lowest BCUT2D eigenvalue weighted by atomic mass is 9.94. The largest absolute Gasteiger partial charge is 0.485 e. The first kappa shape index (κ1) is 59.1. The standard InChI is InChI=1S/C36H49BN16O23P4/c1-49(2)17(54)5-13-14(71-32(21(13)55)53-12-50(3)20-29(53)46-36(40)48-31(20)59)6-68-77(37,60)75-80(65,66)76-79(63,64)70-8-16-24(25(67-4)34(73-16)51-10-43-18-26(38)41-9-42-27(18)51)74-78(61,62)69-7-15-22(56)23(57)33(72-15)52-11-44-19-28(52)45-35(39)47-30(19)58/h9-16,21-25,32-34,55-57H,5-8H2,1-4H3,(H10-,38,39,40,41,42,45,46,47,48,58,59,61,62,63,64,65,66)/q-1/p+1/t13-,14-,15-,16-,21-,22-,23-,24-,25-,32-,33-,34-,77?/m1/s1. The first-order valence-electron chi connectivity index (χ1n) is 23.0. The Morgan fingerprint density at radius 2 is 1.39 bits per heavy atom. The Kier molecular flexibility index (Phi) is 16.5. The van der Waals surface area contributed by atoms with Crippen LogP contribution < -0.4 is 32.9 Å². The maximum absolute atomic E-state index is 13.8. The van der Waals surface area contributed by atoms with E-state index in [1.807, 2.05) is 0 Å². The van der Waals surface area contributed by atoms with Gasteiger partial charge in [-0.1, -0.05) is 4.98 Å². The molecule has 0 aliphatic carbocycles. The number of fused-ring (bicyclic) bond motifs is 3. The second kappa shape index (κ2) is 22.3. The molecule has 6 aromatic rings. The number of H-pyrrole nitrogens is 2. The van der Waals surface area contributed by atoms with Gasteiger partial charge in [-0.3, -0.25) is 51.6 Å². The molecule has 0 bridgehead atoms. The van der Waals surface area contributed by atoms with Gasteiger partial charge in [0.25, 0.3) is 17.1 Å². The Morgan fingerprint density at radius 1 is 0.762 bits per heavy atom. The van der Waals surface area contributed by atoms with Gasteiger partial charge in [0.05, 0.1) is 53.1 Å². The first-order chi connectivity index (χ1) is 37.5. The number of amides is 1. The van der Waals surface area contributed by atoms with Gasteiger partial charge in [-0.15, -0.1) is 0 Å². The number of aliphatic hydroxyl groups excluding tert-OH is 3. The summed E-state index contributed by atoms with van der Waals surface area (Å²) < 4.78 is 112. The number of phosphoric acid groups is 3. The number of anilines is 3. The fourth-order valence-electron chi connectivity index (χ4n) is 9.04. The minimum absolute atomic E-state index is 0.0111. The van der Waals surface area contributed by atoms with Crippen LogP contribution in [0.5, 0.6) is 0 Å². The number of aryl methyl sites for hydroxylation is 1. The summed E-state index contributed by atoms with van der Waals surface area (Å²) in [5.41, 5.74) is 15.7. The molecular formula is C36H50BN16O23P4. The molecular weight excluding hydrogens is 1160 g/mol. The molecule has 3 aliphatic heterocycles. The highest BCUT2D eigenvalue weighted by Crippen LogP contribution is 2.68. The lowest BCUT2D eigenvalue weighted by Gasteiger charge is -2.30. The molecule has 4 unspecified atom stereocenters. The molecule has 44 heteroatoms. The molecule has 9 heterocycles. The summed E-state index contributed by atoms with van der Waals surface area (Å²) in [6.45, 7) is -3.16. The lowest BCUT2D eigenvalue weighted by Crippen LogP contribution is -2.45. The number of carbonyl (C=O) groups excluding carboxylic acids is 1. The number of carbonyl (C=O) groups is 1. The van der Waals surface area contributed by atoms with Gasteiger partial charge >= 0.3 is 29.1 Å². The van der Waals surface area contributed by atoms with Crippen molar-refractivity contribution in [3.8, 4) is 0 Å². The van der Waals surface area contributed by atoms with Crippen LogP contribution in [-0.2, 0) is 75.8 Å². The number of aromatic nitrogens is 12. The van der Waals surface area contributed by atoms with Crippen molar-refractivity contribution in [2.24, 2.45) is 13.0 Å². The minimum atomic E-state index is -6.11. The van der Waals surface area contributed by atoms with E-state index in [1.165, 1.54) is 46.1 Å². The fourth-order valence-corrected chi connectivity index (χ4v) is 13.6. The number of rotatable bonds is 21. The van der Waals surface area contributed by atoms with Crippen molar-refractivity contribution >= 4 is 95.6 Å². The number of hydrogen-bond donors (Lipinski definition) is 11. The number of nitrogens with one attached hydrogen (secondary N) is 2. The van der Waals surface area contributed by atoms with E-state index in [0.717, 1.165) is 30.7 Å². The number of imidazole rings is 3. The quantitative estimate of drug-likeness (QED) is 0.0187. The predicted molar refractivity (Wildman–Crippen MR) is 263 cm³/mol. The Bertz CT molecular complexity index is 3660. The van der Waals surface area contributed by atoms with E-state index in [-0.39, 0.29) is 51.2 Å². The van der Waals surface area contributed by atoms with Gasteiger partial charge in [0, 0.05) is 33.5 Å². The molecule has 0 saturated carbocycles. The summed E-state index contributed by atoms with van der Waals surface area (Å²) in [5, 5.41) is 33.3. The van der Waals surface area contributed by atoms with E-state index in [0.29, 0.717) is 0 Å². The lowest BCUT2D eigenvalue weighted by molar-refractivity contribution is -0.745. The van der Waals surface area contributed by atoms with E-state index in [9.17, 15) is 62.6 Å². The summed E-state index contributed by atoms with van der Waals surface area (Å²) in [6, 6.07) is 0. The van der Waals surface area contributed by atoms with Gasteiger partial charge < -0.3 is 87.7 Å². The van der Waals surface area contributed by atoms with Gasteiger partial charge in [-0.05, 0) is 0 Å². The summed E-state index contributed by atoms with van der Waals surface area (Å²) in [5.74, 6) is -2.39. The number of phosphoric ester groups is 2. The Balaban J connectivity index is 0.879. The zero-order chi connectivity index (χ0) is 58.1. The molecule has 3 saturated heterocycles. The average Bonchev–Trinajstić information content (AvgIpc) is 4.23. The molecule has 39 nitrogen and oxygen atoms in total. The number of aliphatic hydroxyl groups is 3. The topological polar surface area (TPSA) is 542 Å².